The second kappa shape index (κ2) is 8.60. The molecule has 0 saturated heterocycles. The van der Waals surface area contributed by atoms with Crippen LogP contribution in [0.2, 0.25) is 0 Å². The summed E-state index contributed by atoms with van der Waals surface area (Å²) >= 11 is 0. The molecule has 5 heteroatoms. The standard InChI is InChI=1S/C15H29NO4/c1-4-16(5-2)11-13(17)12-20-14(18)15(19-3)9-7-6-8-10-15/h13,17H,4-12H2,1-3H3. The summed E-state index contributed by atoms with van der Waals surface area (Å²) in [5.74, 6) is -0.321. The summed E-state index contributed by atoms with van der Waals surface area (Å²) in [6.45, 7) is 6.42. The number of methoxy groups -OCH3 is 1. The Bertz CT molecular complexity index is 286. The van der Waals surface area contributed by atoms with Gasteiger partial charge in [0, 0.05) is 13.7 Å². The molecule has 0 heterocycles. The van der Waals surface area contributed by atoms with Crippen molar-refractivity contribution >= 4 is 5.97 Å². The maximum atomic E-state index is 12.2. The first-order valence-electron chi connectivity index (χ1n) is 7.70. The van der Waals surface area contributed by atoms with E-state index in [1.165, 1.54) is 0 Å². The molecule has 1 aliphatic carbocycles. The van der Waals surface area contributed by atoms with E-state index < -0.39 is 11.7 Å². The maximum Gasteiger partial charge on any atom is 0.338 e. The van der Waals surface area contributed by atoms with E-state index in [2.05, 4.69) is 4.90 Å². The molecule has 1 unspecified atom stereocenters. The van der Waals surface area contributed by atoms with Gasteiger partial charge in [-0.15, -0.1) is 0 Å². The summed E-state index contributed by atoms with van der Waals surface area (Å²) in [5, 5.41) is 9.93. The molecule has 0 aromatic heterocycles. The summed E-state index contributed by atoms with van der Waals surface area (Å²) in [6, 6.07) is 0. The van der Waals surface area contributed by atoms with Crippen molar-refractivity contribution in [2.45, 2.75) is 57.7 Å². The van der Waals surface area contributed by atoms with Crippen LogP contribution in [0, 0.1) is 0 Å². The SMILES string of the molecule is CCN(CC)CC(O)COC(=O)C1(OC)CCCCC1. The molecule has 118 valence electrons. The van der Waals surface area contributed by atoms with Crippen LogP contribution in [0.25, 0.3) is 0 Å². The highest BCUT2D eigenvalue weighted by Crippen LogP contribution is 2.32. The van der Waals surface area contributed by atoms with Crippen molar-refractivity contribution < 1.29 is 19.4 Å². The topological polar surface area (TPSA) is 59.0 Å². The average Bonchev–Trinajstić information content (AvgIpc) is 2.50. The summed E-state index contributed by atoms with van der Waals surface area (Å²) in [4.78, 5) is 14.3. The lowest BCUT2D eigenvalue weighted by atomic mass is 9.84. The predicted molar refractivity (Wildman–Crippen MR) is 77.6 cm³/mol. The number of carbonyl (C=O) groups excluding carboxylic acids is 1. The smallest absolute Gasteiger partial charge is 0.338 e. The van der Waals surface area contributed by atoms with Gasteiger partial charge in [0.25, 0.3) is 0 Å². The van der Waals surface area contributed by atoms with Crippen LogP contribution in [0.5, 0.6) is 0 Å². The molecule has 0 radical (unpaired) electrons. The third-order valence-electron chi connectivity index (χ3n) is 4.19. The largest absolute Gasteiger partial charge is 0.461 e. The fraction of sp³-hybridized carbons (Fsp3) is 0.933. The van der Waals surface area contributed by atoms with Crippen LogP contribution in [-0.4, -0.2) is 61.0 Å². The van der Waals surface area contributed by atoms with E-state index in [1.54, 1.807) is 7.11 Å². The Morgan fingerprint density at radius 1 is 1.25 bits per heavy atom. The van der Waals surface area contributed by atoms with Gasteiger partial charge in [-0.3, -0.25) is 0 Å². The number of ether oxygens (including phenoxy) is 2. The summed E-state index contributed by atoms with van der Waals surface area (Å²) in [5.41, 5.74) is -0.785. The summed E-state index contributed by atoms with van der Waals surface area (Å²) in [7, 11) is 1.57. The number of esters is 1. The number of aliphatic hydroxyl groups excluding tert-OH is 1. The summed E-state index contributed by atoms with van der Waals surface area (Å²) in [6.07, 6.45) is 3.92. The minimum Gasteiger partial charge on any atom is -0.461 e. The van der Waals surface area contributed by atoms with Crippen LogP contribution in [0.1, 0.15) is 46.0 Å². The van der Waals surface area contributed by atoms with Crippen molar-refractivity contribution in [3.63, 3.8) is 0 Å². The lowest BCUT2D eigenvalue weighted by Gasteiger charge is -2.33. The zero-order valence-corrected chi connectivity index (χ0v) is 13.1. The van der Waals surface area contributed by atoms with E-state index in [4.69, 9.17) is 9.47 Å². The molecule has 0 spiro atoms. The molecule has 1 atom stereocenters. The van der Waals surface area contributed by atoms with Crippen LogP contribution in [0.4, 0.5) is 0 Å². The number of likely N-dealkylation sites (N-methyl/N-ethyl adjacent to an activating group) is 1. The van der Waals surface area contributed by atoms with E-state index in [1.807, 2.05) is 13.8 Å². The molecule has 1 N–H and O–H groups in total. The molecule has 5 nitrogen and oxygen atoms in total. The molecule has 0 aliphatic heterocycles. The molecule has 1 aliphatic rings. The van der Waals surface area contributed by atoms with Gasteiger partial charge >= 0.3 is 5.97 Å². The maximum absolute atomic E-state index is 12.2. The first kappa shape index (κ1) is 17.4. The Kier molecular flexibility index (Phi) is 7.48. The van der Waals surface area contributed by atoms with E-state index >= 15 is 0 Å². The molecule has 20 heavy (non-hydrogen) atoms. The molecule has 0 aromatic carbocycles. The Balaban J connectivity index is 2.41. The average molecular weight is 287 g/mol. The lowest BCUT2D eigenvalue weighted by Crippen LogP contribution is -2.45. The van der Waals surface area contributed by atoms with Crippen molar-refractivity contribution in [1.29, 1.82) is 0 Å². The minimum atomic E-state index is -0.785. The quantitative estimate of drug-likeness (QED) is 0.687. The van der Waals surface area contributed by atoms with Gasteiger partial charge < -0.3 is 19.5 Å². The normalized spacial score (nSPS) is 19.9. The van der Waals surface area contributed by atoms with Crippen LogP contribution in [0.3, 0.4) is 0 Å². The molecule has 1 fully saturated rings. The number of nitrogens with zero attached hydrogens (tertiary/aromatic N) is 1. The minimum absolute atomic E-state index is 0.0421. The second-order valence-corrected chi connectivity index (χ2v) is 5.50. The molecular formula is C15H29NO4. The number of aliphatic hydroxyl groups is 1. The summed E-state index contributed by atoms with van der Waals surface area (Å²) < 4.78 is 10.7. The zero-order valence-electron chi connectivity index (χ0n) is 13.1. The first-order valence-corrected chi connectivity index (χ1v) is 7.70. The van der Waals surface area contributed by atoms with Crippen molar-refractivity contribution in [3.05, 3.63) is 0 Å². The van der Waals surface area contributed by atoms with Gasteiger partial charge in [0.15, 0.2) is 5.60 Å². The molecule has 1 saturated carbocycles. The Labute approximate surface area is 122 Å². The highest BCUT2D eigenvalue weighted by molar-refractivity contribution is 5.79. The zero-order chi connectivity index (χ0) is 15.0. The van der Waals surface area contributed by atoms with Crippen LogP contribution >= 0.6 is 0 Å². The van der Waals surface area contributed by atoms with E-state index in [0.29, 0.717) is 19.4 Å². The highest BCUT2D eigenvalue weighted by Gasteiger charge is 2.41. The van der Waals surface area contributed by atoms with Crippen LogP contribution in [-0.2, 0) is 14.3 Å². The van der Waals surface area contributed by atoms with Crippen molar-refractivity contribution in [1.82, 2.24) is 4.90 Å². The number of carbonyl (C=O) groups is 1. The molecule has 0 bridgehead atoms. The van der Waals surface area contributed by atoms with Gasteiger partial charge in [0.2, 0.25) is 0 Å². The van der Waals surface area contributed by atoms with E-state index in [9.17, 15) is 9.90 Å². The molecule has 0 amide bonds. The van der Waals surface area contributed by atoms with Gasteiger partial charge in [-0.2, -0.15) is 0 Å². The highest BCUT2D eigenvalue weighted by atomic mass is 16.6. The van der Waals surface area contributed by atoms with Gasteiger partial charge in [-0.05, 0) is 38.8 Å². The van der Waals surface area contributed by atoms with Crippen molar-refractivity contribution in [2.24, 2.45) is 0 Å². The Morgan fingerprint density at radius 3 is 2.35 bits per heavy atom. The number of rotatable bonds is 8. The Hall–Kier alpha value is -0.650. The lowest BCUT2D eigenvalue weighted by molar-refractivity contribution is -0.176. The van der Waals surface area contributed by atoms with Gasteiger partial charge in [-0.1, -0.05) is 20.3 Å². The third kappa shape index (κ3) is 4.72. The fourth-order valence-electron chi connectivity index (χ4n) is 2.75. The van der Waals surface area contributed by atoms with Gasteiger partial charge in [0.1, 0.15) is 12.7 Å². The van der Waals surface area contributed by atoms with E-state index in [-0.39, 0.29) is 12.6 Å². The third-order valence-corrected chi connectivity index (χ3v) is 4.19. The molecular weight excluding hydrogens is 258 g/mol. The number of hydrogen-bond acceptors (Lipinski definition) is 5. The van der Waals surface area contributed by atoms with Crippen LogP contribution < -0.4 is 0 Å². The fourth-order valence-corrected chi connectivity index (χ4v) is 2.75. The molecule has 1 rings (SSSR count). The second-order valence-electron chi connectivity index (χ2n) is 5.50. The first-order chi connectivity index (χ1) is 9.57. The Morgan fingerprint density at radius 2 is 1.85 bits per heavy atom. The van der Waals surface area contributed by atoms with Crippen molar-refractivity contribution in [3.8, 4) is 0 Å². The van der Waals surface area contributed by atoms with Crippen LogP contribution in [0.15, 0.2) is 0 Å². The molecule has 0 aromatic rings. The number of hydrogen-bond donors (Lipinski definition) is 1. The van der Waals surface area contributed by atoms with E-state index in [0.717, 1.165) is 32.4 Å². The van der Waals surface area contributed by atoms with Crippen molar-refractivity contribution in [2.75, 3.05) is 33.4 Å². The predicted octanol–water partition coefficient (Wildman–Crippen LogP) is 1.58. The van der Waals surface area contributed by atoms with Gasteiger partial charge in [0.05, 0.1) is 0 Å². The van der Waals surface area contributed by atoms with Gasteiger partial charge in [-0.25, -0.2) is 4.79 Å². The monoisotopic (exact) mass is 287 g/mol.